The second kappa shape index (κ2) is 7.87. The number of aromatic nitrogens is 2. The number of nitrogens with zero attached hydrogens (tertiary/aromatic N) is 3. The lowest BCUT2D eigenvalue weighted by atomic mass is 9.98. The van der Waals surface area contributed by atoms with E-state index in [2.05, 4.69) is 48.3 Å². The Morgan fingerprint density at radius 1 is 1.20 bits per heavy atom. The molecule has 0 saturated carbocycles. The monoisotopic (exact) mass is 357 g/mol. The summed E-state index contributed by atoms with van der Waals surface area (Å²) >= 11 is 1.58. The van der Waals surface area contributed by atoms with Crippen LogP contribution in [0.1, 0.15) is 38.2 Å². The zero-order valence-electron chi connectivity index (χ0n) is 14.6. The van der Waals surface area contributed by atoms with Crippen LogP contribution < -0.4 is 4.90 Å². The lowest BCUT2D eigenvalue weighted by Crippen LogP contribution is -2.39. The molecule has 0 spiro atoms. The average molecular weight is 357 g/mol. The highest BCUT2D eigenvalue weighted by molar-refractivity contribution is 7.99. The van der Waals surface area contributed by atoms with Crippen molar-refractivity contribution in [3.8, 4) is 0 Å². The highest BCUT2D eigenvalue weighted by Gasteiger charge is 2.26. The topological polar surface area (TPSA) is 66.3 Å². The van der Waals surface area contributed by atoms with Crippen LogP contribution in [0.2, 0.25) is 0 Å². The van der Waals surface area contributed by atoms with Gasteiger partial charge in [-0.1, -0.05) is 37.7 Å². The van der Waals surface area contributed by atoms with E-state index in [1.54, 1.807) is 11.8 Å². The van der Waals surface area contributed by atoms with Crippen LogP contribution in [0.5, 0.6) is 0 Å². The zero-order valence-corrected chi connectivity index (χ0v) is 15.4. The van der Waals surface area contributed by atoms with Gasteiger partial charge in [0.1, 0.15) is 5.03 Å². The Balaban J connectivity index is 1.64. The molecule has 5 nitrogen and oxygen atoms in total. The number of hydrogen-bond donors (Lipinski definition) is 1. The van der Waals surface area contributed by atoms with Crippen molar-refractivity contribution < 1.29 is 9.90 Å². The van der Waals surface area contributed by atoms with Gasteiger partial charge in [0, 0.05) is 18.0 Å². The molecular weight excluding hydrogens is 334 g/mol. The number of benzene rings is 1. The standard InChI is InChI=1S/C19H23N3O2S/c1-13(2)14-5-7-16(8-6-14)25-18-10-9-17(20-21-18)22-11-3-4-15(12-22)19(23)24/h5-10,13,15H,3-4,11-12H2,1-2H3,(H,23,24)/t15-/m1/s1. The van der Waals surface area contributed by atoms with Crippen molar-refractivity contribution in [1.82, 2.24) is 10.2 Å². The SMILES string of the molecule is CC(C)c1ccc(Sc2ccc(N3CCC[C@@H](C(=O)O)C3)nn2)cc1. The normalized spacial score (nSPS) is 17.7. The first kappa shape index (κ1) is 17.7. The van der Waals surface area contributed by atoms with Crippen molar-refractivity contribution in [2.24, 2.45) is 5.92 Å². The molecule has 1 saturated heterocycles. The molecule has 0 bridgehead atoms. The fourth-order valence-corrected chi connectivity index (χ4v) is 3.70. The number of piperidine rings is 1. The maximum Gasteiger partial charge on any atom is 0.308 e. The van der Waals surface area contributed by atoms with Crippen molar-refractivity contribution in [2.45, 2.75) is 42.5 Å². The van der Waals surface area contributed by atoms with E-state index in [1.807, 2.05) is 17.0 Å². The highest BCUT2D eigenvalue weighted by atomic mass is 32.2. The largest absolute Gasteiger partial charge is 0.481 e. The average Bonchev–Trinajstić information content (AvgIpc) is 2.63. The number of carbonyl (C=O) groups is 1. The summed E-state index contributed by atoms with van der Waals surface area (Å²) < 4.78 is 0. The van der Waals surface area contributed by atoms with E-state index >= 15 is 0 Å². The van der Waals surface area contributed by atoms with Crippen LogP contribution in [0.15, 0.2) is 46.3 Å². The minimum Gasteiger partial charge on any atom is -0.481 e. The minimum absolute atomic E-state index is 0.316. The molecule has 1 aromatic carbocycles. The Bertz CT molecular complexity index is 716. The van der Waals surface area contributed by atoms with Crippen molar-refractivity contribution in [3.05, 3.63) is 42.0 Å². The lowest BCUT2D eigenvalue weighted by molar-refractivity contribution is -0.141. The number of anilines is 1. The van der Waals surface area contributed by atoms with Gasteiger partial charge in [-0.05, 0) is 48.6 Å². The molecule has 1 aliphatic rings. The number of rotatable bonds is 5. The molecule has 0 radical (unpaired) electrons. The molecule has 1 aromatic heterocycles. The number of aliphatic carboxylic acids is 1. The molecule has 1 aliphatic heterocycles. The molecule has 25 heavy (non-hydrogen) atoms. The van der Waals surface area contributed by atoms with E-state index in [4.69, 9.17) is 0 Å². The van der Waals surface area contributed by atoms with E-state index < -0.39 is 5.97 Å². The van der Waals surface area contributed by atoms with E-state index in [0.29, 0.717) is 12.5 Å². The summed E-state index contributed by atoms with van der Waals surface area (Å²) in [5, 5.41) is 18.6. The Labute approximate surface area is 152 Å². The van der Waals surface area contributed by atoms with Crippen LogP contribution in [0.3, 0.4) is 0 Å². The molecule has 1 atom stereocenters. The summed E-state index contributed by atoms with van der Waals surface area (Å²) in [5.41, 5.74) is 1.32. The number of carboxylic acids is 1. The van der Waals surface area contributed by atoms with Gasteiger partial charge in [-0.25, -0.2) is 0 Å². The maximum absolute atomic E-state index is 11.2. The second-order valence-corrected chi connectivity index (χ2v) is 7.77. The summed E-state index contributed by atoms with van der Waals surface area (Å²) in [6, 6.07) is 12.4. The van der Waals surface area contributed by atoms with Gasteiger partial charge in [0.15, 0.2) is 5.82 Å². The summed E-state index contributed by atoms with van der Waals surface area (Å²) in [5.74, 6) is 0.238. The van der Waals surface area contributed by atoms with E-state index in [9.17, 15) is 9.90 Å². The molecule has 0 unspecified atom stereocenters. The summed E-state index contributed by atoms with van der Waals surface area (Å²) in [6.45, 7) is 5.71. The smallest absolute Gasteiger partial charge is 0.308 e. The van der Waals surface area contributed by atoms with E-state index in [1.165, 1.54) is 5.56 Å². The molecule has 3 rings (SSSR count). The van der Waals surface area contributed by atoms with Gasteiger partial charge < -0.3 is 10.0 Å². The molecule has 6 heteroatoms. The quantitative estimate of drug-likeness (QED) is 0.871. The van der Waals surface area contributed by atoms with Gasteiger partial charge in [0.05, 0.1) is 5.92 Å². The van der Waals surface area contributed by atoms with Crippen LogP contribution in [0.25, 0.3) is 0 Å². The van der Waals surface area contributed by atoms with Gasteiger partial charge >= 0.3 is 5.97 Å². The first-order valence-electron chi connectivity index (χ1n) is 8.62. The van der Waals surface area contributed by atoms with Crippen LogP contribution in [-0.2, 0) is 4.79 Å². The molecule has 2 heterocycles. The van der Waals surface area contributed by atoms with Crippen LogP contribution in [-0.4, -0.2) is 34.4 Å². The Morgan fingerprint density at radius 3 is 2.56 bits per heavy atom. The first-order valence-corrected chi connectivity index (χ1v) is 9.44. The van der Waals surface area contributed by atoms with Gasteiger partial charge in [-0.2, -0.15) is 0 Å². The molecular formula is C19H23N3O2S. The zero-order chi connectivity index (χ0) is 17.8. The predicted octanol–water partition coefficient (Wildman–Crippen LogP) is 4.05. The van der Waals surface area contributed by atoms with Gasteiger partial charge in [-0.15, -0.1) is 10.2 Å². The van der Waals surface area contributed by atoms with Gasteiger partial charge in [0.25, 0.3) is 0 Å². The third-order valence-electron chi connectivity index (χ3n) is 4.49. The van der Waals surface area contributed by atoms with Crippen LogP contribution in [0.4, 0.5) is 5.82 Å². The summed E-state index contributed by atoms with van der Waals surface area (Å²) in [4.78, 5) is 14.3. The number of hydrogen-bond acceptors (Lipinski definition) is 5. The van der Waals surface area contributed by atoms with Crippen molar-refractivity contribution in [2.75, 3.05) is 18.0 Å². The Hall–Kier alpha value is -2.08. The first-order chi connectivity index (χ1) is 12.0. The summed E-state index contributed by atoms with van der Waals surface area (Å²) in [6.07, 6.45) is 1.61. The predicted molar refractivity (Wildman–Crippen MR) is 99.3 cm³/mol. The highest BCUT2D eigenvalue weighted by Crippen LogP contribution is 2.28. The fourth-order valence-electron chi connectivity index (χ4n) is 2.96. The van der Waals surface area contributed by atoms with Crippen molar-refractivity contribution >= 4 is 23.5 Å². The molecule has 1 N–H and O–H groups in total. The van der Waals surface area contributed by atoms with Gasteiger partial charge in [-0.3, -0.25) is 4.79 Å². The molecule has 132 valence electrons. The van der Waals surface area contributed by atoms with Crippen LogP contribution >= 0.6 is 11.8 Å². The third-order valence-corrected chi connectivity index (χ3v) is 5.42. The molecule has 0 aliphatic carbocycles. The summed E-state index contributed by atoms with van der Waals surface area (Å²) in [7, 11) is 0. The minimum atomic E-state index is -0.727. The van der Waals surface area contributed by atoms with Crippen LogP contribution in [0, 0.1) is 5.92 Å². The van der Waals surface area contributed by atoms with E-state index in [0.717, 1.165) is 35.1 Å². The van der Waals surface area contributed by atoms with Crippen molar-refractivity contribution in [1.29, 1.82) is 0 Å². The van der Waals surface area contributed by atoms with Gasteiger partial charge in [0.2, 0.25) is 0 Å². The Morgan fingerprint density at radius 2 is 1.96 bits per heavy atom. The molecule has 2 aromatic rings. The fraction of sp³-hybridized carbons (Fsp3) is 0.421. The maximum atomic E-state index is 11.2. The Kier molecular flexibility index (Phi) is 5.58. The third kappa shape index (κ3) is 4.51. The lowest BCUT2D eigenvalue weighted by Gasteiger charge is -2.31. The molecule has 0 amide bonds. The van der Waals surface area contributed by atoms with E-state index in [-0.39, 0.29) is 5.92 Å². The second-order valence-electron chi connectivity index (χ2n) is 6.68. The number of carboxylic acid groups (broad SMARTS) is 1. The van der Waals surface area contributed by atoms with Crippen molar-refractivity contribution in [3.63, 3.8) is 0 Å². The molecule has 1 fully saturated rings.